The monoisotopic (exact) mass is 352 g/mol. The molecule has 134 valence electrons. The molecule has 0 atom stereocenters. The van der Waals surface area contributed by atoms with Crippen LogP contribution in [-0.4, -0.2) is 9.97 Å². The minimum Gasteiger partial charge on any atom is -0.264 e. The van der Waals surface area contributed by atoms with Crippen molar-refractivity contribution in [1.29, 1.82) is 0 Å². The van der Waals surface area contributed by atoms with Crippen molar-refractivity contribution in [3.63, 3.8) is 0 Å². The highest BCUT2D eigenvalue weighted by Crippen LogP contribution is 2.49. The summed E-state index contributed by atoms with van der Waals surface area (Å²) < 4.78 is 0. The molecule has 0 aliphatic heterocycles. The van der Waals surface area contributed by atoms with Gasteiger partial charge in [0.25, 0.3) is 0 Å². The van der Waals surface area contributed by atoms with E-state index in [4.69, 9.17) is 4.98 Å². The van der Waals surface area contributed by atoms with Gasteiger partial charge in [-0.2, -0.15) is 0 Å². The van der Waals surface area contributed by atoms with Crippen LogP contribution in [0.1, 0.15) is 44.4 Å². The first-order valence-corrected chi connectivity index (χ1v) is 9.76. The van der Waals surface area contributed by atoms with Gasteiger partial charge < -0.3 is 0 Å². The van der Waals surface area contributed by atoms with Crippen LogP contribution in [0, 0.1) is 5.92 Å². The van der Waals surface area contributed by atoms with E-state index in [2.05, 4.69) is 69.1 Å². The number of aromatic nitrogens is 2. The van der Waals surface area contributed by atoms with Crippen molar-refractivity contribution in [3.8, 4) is 11.3 Å². The molecule has 0 N–H and O–H groups in total. The van der Waals surface area contributed by atoms with Gasteiger partial charge in [-0.3, -0.25) is 9.97 Å². The molecule has 0 spiro atoms. The predicted octanol–water partition coefficient (Wildman–Crippen LogP) is 6.29. The molecule has 1 aliphatic carbocycles. The molecule has 1 aliphatic rings. The van der Waals surface area contributed by atoms with Crippen molar-refractivity contribution >= 4 is 21.5 Å². The Morgan fingerprint density at radius 1 is 0.963 bits per heavy atom. The normalized spacial score (nSPS) is 14.7. The van der Waals surface area contributed by atoms with E-state index in [1.165, 1.54) is 43.8 Å². The van der Waals surface area contributed by atoms with Crippen LogP contribution < -0.4 is 0 Å². The topological polar surface area (TPSA) is 25.8 Å². The first kappa shape index (κ1) is 16.4. The van der Waals surface area contributed by atoms with Crippen LogP contribution in [0.15, 0.2) is 55.0 Å². The Labute approximate surface area is 160 Å². The van der Waals surface area contributed by atoms with Crippen LogP contribution in [-0.2, 0) is 11.8 Å². The molecule has 2 aromatic heterocycles. The molecule has 0 radical (unpaired) electrons. The van der Waals surface area contributed by atoms with Crippen molar-refractivity contribution in [2.75, 3.05) is 0 Å². The Kier molecular flexibility index (Phi) is 3.42. The molecule has 27 heavy (non-hydrogen) atoms. The lowest BCUT2D eigenvalue weighted by Crippen LogP contribution is -2.25. The highest BCUT2D eigenvalue weighted by Gasteiger charge is 2.36. The summed E-state index contributed by atoms with van der Waals surface area (Å²) in [5.41, 5.74) is 6.25. The summed E-state index contributed by atoms with van der Waals surface area (Å²) in [6, 6.07) is 13.3. The zero-order valence-corrected chi connectivity index (χ0v) is 16.4. The van der Waals surface area contributed by atoms with Crippen LogP contribution in [0.2, 0.25) is 0 Å². The number of fused-ring (bicyclic) bond motifs is 4. The summed E-state index contributed by atoms with van der Waals surface area (Å²) in [5, 5.41) is 5.04. The highest BCUT2D eigenvalue weighted by atomic mass is 14.7. The van der Waals surface area contributed by atoms with E-state index in [1.807, 2.05) is 18.6 Å². The zero-order valence-electron chi connectivity index (χ0n) is 16.4. The SMILES string of the molecule is CC(C)Cc1ccc2cnc3c(c2c1)C(C)(C)c1cncc2cccc-3c12. The number of hydrogen-bond acceptors (Lipinski definition) is 2. The number of benzene rings is 2. The van der Waals surface area contributed by atoms with Crippen LogP contribution in [0.5, 0.6) is 0 Å². The van der Waals surface area contributed by atoms with Gasteiger partial charge in [0.05, 0.1) is 5.69 Å². The molecule has 0 saturated carbocycles. The molecule has 4 aromatic rings. The Morgan fingerprint density at radius 2 is 1.81 bits per heavy atom. The fourth-order valence-corrected chi connectivity index (χ4v) is 4.73. The lowest BCUT2D eigenvalue weighted by Gasteiger charge is -2.35. The fraction of sp³-hybridized carbons (Fsp3) is 0.280. The summed E-state index contributed by atoms with van der Waals surface area (Å²) in [6.07, 6.45) is 7.15. The maximum Gasteiger partial charge on any atom is 0.0755 e. The molecule has 0 amide bonds. The van der Waals surface area contributed by atoms with Crippen LogP contribution in [0.3, 0.4) is 0 Å². The number of rotatable bonds is 2. The van der Waals surface area contributed by atoms with Gasteiger partial charge in [0.15, 0.2) is 0 Å². The van der Waals surface area contributed by atoms with Gasteiger partial charge in [-0.25, -0.2) is 0 Å². The molecule has 2 heterocycles. The Balaban J connectivity index is 1.91. The molecule has 2 heteroatoms. The van der Waals surface area contributed by atoms with Crippen molar-refractivity contribution in [3.05, 3.63) is 71.7 Å². The highest BCUT2D eigenvalue weighted by molar-refractivity contribution is 6.05. The van der Waals surface area contributed by atoms with Gasteiger partial charge in [0, 0.05) is 40.3 Å². The average Bonchev–Trinajstić information content (AvgIpc) is 2.64. The van der Waals surface area contributed by atoms with E-state index in [-0.39, 0.29) is 5.41 Å². The van der Waals surface area contributed by atoms with Gasteiger partial charge in [0.1, 0.15) is 0 Å². The Hall–Kier alpha value is -2.74. The van der Waals surface area contributed by atoms with Crippen molar-refractivity contribution in [2.24, 2.45) is 5.92 Å². The second kappa shape index (κ2) is 5.63. The lowest BCUT2D eigenvalue weighted by atomic mass is 9.69. The molecule has 5 rings (SSSR count). The average molecular weight is 352 g/mol. The van der Waals surface area contributed by atoms with E-state index >= 15 is 0 Å². The number of hydrogen-bond donors (Lipinski definition) is 0. The number of pyridine rings is 2. The van der Waals surface area contributed by atoms with Crippen molar-refractivity contribution in [2.45, 2.75) is 39.5 Å². The standard InChI is InChI=1S/C25H24N2/c1-15(2)10-16-8-9-17-13-27-24-19-7-5-6-18-12-26-14-21(22(18)19)25(3,4)23(24)20(17)11-16/h5-9,11-15H,10H2,1-4H3. The second-order valence-corrected chi connectivity index (χ2v) is 8.72. The maximum absolute atomic E-state index is 4.94. The fourth-order valence-electron chi connectivity index (χ4n) is 4.73. The minimum absolute atomic E-state index is 0.140. The summed E-state index contributed by atoms with van der Waals surface area (Å²) in [7, 11) is 0. The predicted molar refractivity (Wildman–Crippen MR) is 113 cm³/mol. The first-order valence-electron chi connectivity index (χ1n) is 9.76. The van der Waals surface area contributed by atoms with E-state index in [0.29, 0.717) is 5.92 Å². The van der Waals surface area contributed by atoms with Crippen molar-refractivity contribution < 1.29 is 0 Å². The van der Waals surface area contributed by atoms with Crippen LogP contribution in [0.4, 0.5) is 0 Å². The second-order valence-electron chi connectivity index (χ2n) is 8.72. The molecule has 2 aromatic carbocycles. The van der Waals surface area contributed by atoms with Gasteiger partial charge >= 0.3 is 0 Å². The quantitative estimate of drug-likeness (QED) is 0.424. The van der Waals surface area contributed by atoms with E-state index in [0.717, 1.165) is 12.1 Å². The van der Waals surface area contributed by atoms with Gasteiger partial charge in [-0.1, -0.05) is 64.1 Å². The van der Waals surface area contributed by atoms with Crippen LogP contribution in [0.25, 0.3) is 32.8 Å². The lowest BCUT2D eigenvalue weighted by molar-refractivity contribution is 0.642. The smallest absolute Gasteiger partial charge is 0.0755 e. The molecular weight excluding hydrogens is 328 g/mol. The van der Waals surface area contributed by atoms with Gasteiger partial charge in [-0.15, -0.1) is 0 Å². The van der Waals surface area contributed by atoms with E-state index in [9.17, 15) is 0 Å². The third-order valence-corrected chi connectivity index (χ3v) is 5.94. The summed E-state index contributed by atoms with van der Waals surface area (Å²) >= 11 is 0. The molecule has 2 nitrogen and oxygen atoms in total. The zero-order chi connectivity index (χ0) is 18.8. The third-order valence-electron chi connectivity index (χ3n) is 5.94. The largest absolute Gasteiger partial charge is 0.264 e. The first-order chi connectivity index (χ1) is 13.0. The molecule has 0 bridgehead atoms. The summed E-state index contributed by atoms with van der Waals surface area (Å²) in [6.45, 7) is 9.18. The van der Waals surface area contributed by atoms with Gasteiger partial charge in [-0.05, 0) is 39.8 Å². The Bertz CT molecular complexity index is 1200. The molecule has 0 unspecified atom stereocenters. The minimum atomic E-state index is -0.140. The van der Waals surface area contributed by atoms with Crippen molar-refractivity contribution in [1.82, 2.24) is 9.97 Å². The van der Waals surface area contributed by atoms with E-state index in [1.54, 1.807) is 0 Å². The number of nitrogens with zero attached hydrogens (tertiary/aromatic N) is 2. The molecular formula is C25H24N2. The molecule has 0 saturated heterocycles. The summed E-state index contributed by atoms with van der Waals surface area (Å²) in [5.74, 6) is 0.645. The van der Waals surface area contributed by atoms with E-state index < -0.39 is 0 Å². The third kappa shape index (κ3) is 2.32. The van der Waals surface area contributed by atoms with Gasteiger partial charge in [0.2, 0.25) is 0 Å². The molecule has 0 fully saturated rings. The Morgan fingerprint density at radius 3 is 2.63 bits per heavy atom. The van der Waals surface area contributed by atoms with Crippen LogP contribution >= 0.6 is 0 Å². The summed E-state index contributed by atoms with van der Waals surface area (Å²) in [4.78, 5) is 9.48. The maximum atomic E-state index is 4.94.